The standard InChI is InChI=1S/C25H35N7O6/c1-14(2)8-18(30-22(34)17(26)9-15-6-4-3-5-7-15)23(35)31-19(10-16-12-28-13-29-16)24(36)32-20(25(37)38)11-21(27)33/h3-7,12-14,17-20H,8-11,26H2,1-2H3,(H2,27,33)(H,28,29)(H,30,34)(H,31,35)(H,32,36)(H,37,38). The summed E-state index contributed by atoms with van der Waals surface area (Å²) < 4.78 is 0. The number of hydrogen-bond acceptors (Lipinski definition) is 7. The molecule has 0 spiro atoms. The van der Waals surface area contributed by atoms with Gasteiger partial charge < -0.3 is 37.5 Å². The van der Waals surface area contributed by atoms with Gasteiger partial charge in [-0.25, -0.2) is 9.78 Å². The second kappa shape index (κ2) is 14.5. The van der Waals surface area contributed by atoms with Crippen molar-refractivity contribution >= 4 is 29.6 Å². The van der Waals surface area contributed by atoms with Crippen molar-refractivity contribution in [2.24, 2.45) is 17.4 Å². The molecule has 0 aliphatic heterocycles. The lowest BCUT2D eigenvalue weighted by molar-refractivity contribution is -0.143. The number of carbonyl (C=O) groups is 5. The van der Waals surface area contributed by atoms with E-state index in [0.29, 0.717) is 5.69 Å². The monoisotopic (exact) mass is 529 g/mol. The van der Waals surface area contributed by atoms with Gasteiger partial charge in [0.15, 0.2) is 0 Å². The molecule has 0 aliphatic rings. The summed E-state index contributed by atoms with van der Waals surface area (Å²) in [6.45, 7) is 3.73. The van der Waals surface area contributed by atoms with Crippen LogP contribution in [0.25, 0.3) is 0 Å². The lowest BCUT2D eigenvalue weighted by Crippen LogP contribution is -2.58. The Morgan fingerprint density at radius 1 is 0.921 bits per heavy atom. The molecule has 0 fully saturated rings. The average molecular weight is 530 g/mol. The number of amides is 4. The highest BCUT2D eigenvalue weighted by atomic mass is 16.4. The Morgan fingerprint density at radius 2 is 1.53 bits per heavy atom. The highest BCUT2D eigenvalue weighted by Gasteiger charge is 2.31. The first kappa shape index (κ1) is 30.0. The van der Waals surface area contributed by atoms with Crippen LogP contribution in [0.2, 0.25) is 0 Å². The fourth-order valence-corrected chi connectivity index (χ4v) is 3.71. The summed E-state index contributed by atoms with van der Waals surface area (Å²) in [6, 6.07) is 4.44. The minimum absolute atomic E-state index is 0.00300. The van der Waals surface area contributed by atoms with Crippen molar-refractivity contribution in [2.45, 2.75) is 63.7 Å². The molecule has 0 aliphatic carbocycles. The number of carboxylic acid groups (broad SMARTS) is 1. The number of nitrogens with two attached hydrogens (primary N) is 2. The van der Waals surface area contributed by atoms with E-state index in [1.165, 1.54) is 12.5 Å². The van der Waals surface area contributed by atoms with Crippen molar-refractivity contribution in [3.05, 3.63) is 54.1 Å². The molecule has 1 aromatic carbocycles. The van der Waals surface area contributed by atoms with Gasteiger partial charge in [-0.15, -0.1) is 0 Å². The normalized spacial score (nSPS) is 14.1. The fraction of sp³-hybridized carbons (Fsp3) is 0.440. The molecule has 4 atom stereocenters. The van der Waals surface area contributed by atoms with E-state index in [0.717, 1.165) is 5.56 Å². The molecule has 0 bridgehead atoms. The second-order valence-electron chi connectivity index (χ2n) is 9.40. The number of carbonyl (C=O) groups excluding carboxylic acids is 4. The Labute approximate surface area is 220 Å². The van der Waals surface area contributed by atoms with Crippen molar-refractivity contribution in [1.29, 1.82) is 0 Å². The van der Waals surface area contributed by atoms with Gasteiger partial charge in [0.05, 0.1) is 18.8 Å². The van der Waals surface area contributed by atoms with Gasteiger partial charge in [-0.05, 0) is 24.3 Å². The molecule has 2 rings (SSSR count). The third-order valence-electron chi connectivity index (χ3n) is 5.61. The predicted octanol–water partition coefficient (Wildman–Crippen LogP) is -1.02. The van der Waals surface area contributed by atoms with E-state index < -0.39 is 60.2 Å². The van der Waals surface area contributed by atoms with E-state index in [1.807, 2.05) is 44.2 Å². The highest BCUT2D eigenvalue weighted by Crippen LogP contribution is 2.09. The van der Waals surface area contributed by atoms with Gasteiger partial charge >= 0.3 is 5.97 Å². The van der Waals surface area contributed by atoms with Crippen molar-refractivity contribution in [3.63, 3.8) is 0 Å². The summed E-state index contributed by atoms with van der Waals surface area (Å²) in [6.07, 6.45) is 2.67. The van der Waals surface area contributed by atoms with Crippen LogP contribution in [0, 0.1) is 5.92 Å². The predicted molar refractivity (Wildman–Crippen MR) is 137 cm³/mol. The number of H-pyrrole nitrogens is 1. The van der Waals surface area contributed by atoms with E-state index in [9.17, 15) is 29.1 Å². The lowest BCUT2D eigenvalue weighted by atomic mass is 10.0. The molecule has 0 saturated heterocycles. The van der Waals surface area contributed by atoms with Crippen molar-refractivity contribution in [3.8, 4) is 0 Å². The second-order valence-corrected chi connectivity index (χ2v) is 9.40. The van der Waals surface area contributed by atoms with Gasteiger partial charge in [-0.1, -0.05) is 44.2 Å². The summed E-state index contributed by atoms with van der Waals surface area (Å²) in [5.74, 6) is -4.41. The van der Waals surface area contributed by atoms with Crippen LogP contribution in [0.4, 0.5) is 0 Å². The quantitative estimate of drug-likeness (QED) is 0.151. The van der Waals surface area contributed by atoms with Gasteiger partial charge in [-0.3, -0.25) is 19.2 Å². The van der Waals surface area contributed by atoms with E-state index in [2.05, 4.69) is 25.9 Å². The van der Waals surface area contributed by atoms with Gasteiger partial charge in [0.2, 0.25) is 23.6 Å². The zero-order chi connectivity index (χ0) is 28.2. The maximum atomic E-state index is 13.3. The summed E-state index contributed by atoms with van der Waals surface area (Å²) >= 11 is 0. The summed E-state index contributed by atoms with van der Waals surface area (Å²) in [7, 11) is 0. The number of nitrogens with one attached hydrogen (secondary N) is 4. The number of aromatic amines is 1. The Hall–Kier alpha value is -4.26. The van der Waals surface area contributed by atoms with E-state index >= 15 is 0 Å². The van der Waals surface area contributed by atoms with Crippen LogP contribution in [-0.4, -0.2) is 68.8 Å². The van der Waals surface area contributed by atoms with Crippen LogP contribution in [0.5, 0.6) is 0 Å². The van der Waals surface area contributed by atoms with Crippen molar-refractivity contribution in [1.82, 2.24) is 25.9 Å². The molecule has 9 N–H and O–H groups in total. The van der Waals surface area contributed by atoms with Crippen LogP contribution in [0.15, 0.2) is 42.9 Å². The average Bonchev–Trinajstić information content (AvgIpc) is 3.35. The maximum absolute atomic E-state index is 13.3. The summed E-state index contributed by atoms with van der Waals surface area (Å²) in [5.41, 5.74) is 12.5. The number of hydrogen-bond donors (Lipinski definition) is 7. The largest absolute Gasteiger partial charge is 0.480 e. The molecule has 4 unspecified atom stereocenters. The Bertz CT molecular complexity index is 1090. The molecule has 38 heavy (non-hydrogen) atoms. The van der Waals surface area contributed by atoms with E-state index in [4.69, 9.17) is 11.5 Å². The smallest absolute Gasteiger partial charge is 0.326 e. The van der Waals surface area contributed by atoms with Crippen LogP contribution in [-0.2, 0) is 36.8 Å². The first-order valence-corrected chi connectivity index (χ1v) is 12.1. The van der Waals surface area contributed by atoms with Gasteiger partial charge in [0.25, 0.3) is 0 Å². The number of carboxylic acids is 1. The lowest BCUT2D eigenvalue weighted by Gasteiger charge is -2.26. The minimum atomic E-state index is -1.58. The van der Waals surface area contributed by atoms with Crippen LogP contribution in [0.1, 0.15) is 37.9 Å². The molecule has 2 aromatic rings. The number of benzene rings is 1. The molecular formula is C25H35N7O6. The number of aliphatic carboxylic acids is 1. The number of aromatic nitrogens is 2. The van der Waals surface area contributed by atoms with Crippen molar-refractivity contribution < 1.29 is 29.1 Å². The number of imidazole rings is 1. The Balaban J connectivity index is 2.17. The molecule has 206 valence electrons. The first-order valence-electron chi connectivity index (χ1n) is 12.1. The van der Waals surface area contributed by atoms with Gasteiger partial charge in [-0.2, -0.15) is 0 Å². The number of primary amides is 1. The first-order chi connectivity index (χ1) is 18.0. The van der Waals surface area contributed by atoms with Gasteiger partial charge in [0, 0.05) is 18.3 Å². The molecule has 13 nitrogen and oxygen atoms in total. The SMILES string of the molecule is CC(C)CC(NC(=O)C(N)Cc1ccccc1)C(=O)NC(Cc1cnc[nH]1)C(=O)NC(CC(N)=O)C(=O)O. The summed E-state index contributed by atoms with van der Waals surface area (Å²) in [5, 5.41) is 16.8. The summed E-state index contributed by atoms with van der Waals surface area (Å²) in [4.78, 5) is 68.5. The molecule has 4 amide bonds. The zero-order valence-electron chi connectivity index (χ0n) is 21.3. The van der Waals surface area contributed by atoms with Gasteiger partial charge in [0.1, 0.15) is 18.1 Å². The number of rotatable bonds is 15. The van der Waals surface area contributed by atoms with Crippen LogP contribution >= 0.6 is 0 Å². The van der Waals surface area contributed by atoms with E-state index in [-0.39, 0.29) is 25.2 Å². The Kier molecular flexibility index (Phi) is 11.4. The third-order valence-corrected chi connectivity index (χ3v) is 5.61. The Morgan fingerprint density at radius 3 is 2.08 bits per heavy atom. The highest BCUT2D eigenvalue weighted by molar-refractivity contribution is 5.95. The number of nitrogens with zero attached hydrogens (tertiary/aromatic N) is 1. The molecule has 1 heterocycles. The molecular weight excluding hydrogens is 494 g/mol. The van der Waals surface area contributed by atoms with Crippen molar-refractivity contribution in [2.75, 3.05) is 0 Å². The van der Waals surface area contributed by atoms with E-state index in [1.54, 1.807) is 0 Å². The topological polar surface area (TPSA) is 222 Å². The van der Waals surface area contributed by atoms with Crippen LogP contribution < -0.4 is 27.4 Å². The fourth-order valence-electron chi connectivity index (χ4n) is 3.71. The molecule has 0 radical (unpaired) electrons. The maximum Gasteiger partial charge on any atom is 0.326 e. The third kappa shape index (κ3) is 10.0. The molecule has 0 saturated carbocycles. The minimum Gasteiger partial charge on any atom is -0.480 e. The molecule has 1 aromatic heterocycles. The zero-order valence-corrected chi connectivity index (χ0v) is 21.3. The van der Waals surface area contributed by atoms with Crippen LogP contribution in [0.3, 0.4) is 0 Å². The molecule has 13 heteroatoms.